The summed E-state index contributed by atoms with van der Waals surface area (Å²) in [6.45, 7) is 2.23. The molecule has 1 aliphatic rings. The Bertz CT molecular complexity index is 409. The van der Waals surface area contributed by atoms with E-state index in [4.69, 9.17) is 15.2 Å². The smallest absolute Gasteiger partial charge is 0.161 e. The maximum atomic E-state index is 6.24. The van der Waals surface area contributed by atoms with Gasteiger partial charge >= 0.3 is 0 Å². The van der Waals surface area contributed by atoms with Crippen LogP contribution in [-0.2, 0) is 5.75 Å². The van der Waals surface area contributed by atoms with Gasteiger partial charge < -0.3 is 15.2 Å². The highest BCUT2D eigenvalue weighted by Crippen LogP contribution is 2.39. The SMILES string of the molecule is COc1cc2c(cc1OC)[C@@H](N)CC(C)SC2. The van der Waals surface area contributed by atoms with Crippen LogP contribution >= 0.6 is 11.8 Å². The van der Waals surface area contributed by atoms with E-state index in [0.29, 0.717) is 5.25 Å². The van der Waals surface area contributed by atoms with E-state index in [0.717, 1.165) is 23.7 Å². The average molecular weight is 253 g/mol. The summed E-state index contributed by atoms with van der Waals surface area (Å²) in [5, 5.41) is 0.592. The molecule has 2 rings (SSSR count). The van der Waals surface area contributed by atoms with Crippen molar-refractivity contribution in [2.24, 2.45) is 5.73 Å². The van der Waals surface area contributed by atoms with Gasteiger partial charge in [-0.2, -0.15) is 11.8 Å². The highest BCUT2D eigenvalue weighted by atomic mass is 32.2. The van der Waals surface area contributed by atoms with E-state index in [1.54, 1.807) is 14.2 Å². The molecule has 2 atom stereocenters. The van der Waals surface area contributed by atoms with E-state index in [1.807, 2.05) is 17.8 Å². The van der Waals surface area contributed by atoms with Crippen molar-refractivity contribution in [3.8, 4) is 11.5 Å². The third-order valence-corrected chi connectivity index (χ3v) is 4.39. The molecule has 3 nitrogen and oxygen atoms in total. The first-order chi connectivity index (χ1) is 8.15. The summed E-state index contributed by atoms with van der Waals surface area (Å²) >= 11 is 1.94. The normalized spacial score (nSPS) is 23.8. The molecule has 0 saturated carbocycles. The average Bonchev–Trinajstić information content (AvgIpc) is 2.47. The van der Waals surface area contributed by atoms with Crippen LogP contribution in [0.15, 0.2) is 12.1 Å². The second-order valence-corrected chi connectivity index (χ2v) is 5.80. The second kappa shape index (κ2) is 5.19. The van der Waals surface area contributed by atoms with E-state index < -0.39 is 0 Å². The molecule has 1 heterocycles. The van der Waals surface area contributed by atoms with Gasteiger partial charge in [0.05, 0.1) is 14.2 Å². The van der Waals surface area contributed by atoms with Crippen molar-refractivity contribution in [3.05, 3.63) is 23.3 Å². The zero-order valence-corrected chi connectivity index (χ0v) is 11.3. The Balaban J connectivity index is 2.45. The Hall–Kier alpha value is -0.870. The van der Waals surface area contributed by atoms with Gasteiger partial charge in [-0.05, 0) is 29.7 Å². The summed E-state index contributed by atoms with van der Waals surface area (Å²) in [5.74, 6) is 2.54. The van der Waals surface area contributed by atoms with Crippen molar-refractivity contribution in [2.45, 2.75) is 30.4 Å². The molecule has 0 spiro atoms. The van der Waals surface area contributed by atoms with Gasteiger partial charge in [0, 0.05) is 17.0 Å². The largest absolute Gasteiger partial charge is 0.493 e. The number of thioether (sulfide) groups is 1. The van der Waals surface area contributed by atoms with Gasteiger partial charge in [0.1, 0.15) is 0 Å². The predicted molar refractivity (Wildman–Crippen MR) is 71.8 cm³/mol. The van der Waals surface area contributed by atoms with Crippen molar-refractivity contribution >= 4 is 11.8 Å². The molecule has 17 heavy (non-hydrogen) atoms. The highest BCUT2D eigenvalue weighted by Gasteiger charge is 2.22. The zero-order valence-electron chi connectivity index (χ0n) is 10.5. The third kappa shape index (κ3) is 2.53. The summed E-state index contributed by atoms with van der Waals surface area (Å²) < 4.78 is 10.7. The maximum absolute atomic E-state index is 6.24. The fourth-order valence-corrected chi connectivity index (χ4v) is 3.25. The number of ether oxygens (including phenoxy) is 2. The summed E-state index contributed by atoms with van der Waals surface area (Å²) in [4.78, 5) is 0. The Morgan fingerprint density at radius 1 is 1.24 bits per heavy atom. The first kappa shape index (κ1) is 12.6. The zero-order chi connectivity index (χ0) is 12.4. The maximum Gasteiger partial charge on any atom is 0.161 e. The topological polar surface area (TPSA) is 44.5 Å². The fourth-order valence-electron chi connectivity index (χ4n) is 2.19. The quantitative estimate of drug-likeness (QED) is 0.880. The first-order valence-corrected chi connectivity index (χ1v) is 6.82. The second-order valence-electron chi connectivity index (χ2n) is 4.37. The fraction of sp³-hybridized carbons (Fsp3) is 0.538. The van der Waals surface area contributed by atoms with Gasteiger partial charge in [-0.3, -0.25) is 0 Å². The van der Waals surface area contributed by atoms with Crippen molar-refractivity contribution < 1.29 is 9.47 Å². The molecule has 2 N–H and O–H groups in total. The molecular weight excluding hydrogens is 234 g/mol. The molecule has 0 radical (unpaired) electrons. The van der Waals surface area contributed by atoms with Crippen LogP contribution in [0.25, 0.3) is 0 Å². The molecule has 0 aromatic heterocycles. The lowest BCUT2D eigenvalue weighted by Crippen LogP contribution is -2.14. The van der Waals surface area contributed by atoms with Crippen molar-refractivity contribution in [1.29, 1.82) is 0 Å². The Morgan fingerprint density at radius 3 is 2.53 bits per heavy atom. The number of hydrogen-bond donors (Lipinski definition) is 1. The summed E-state index contributed by atoms with van der Waals surface area (Å²) in [6, 6.07) is 4.17. The van der Waals surface area contributed by atoms with Crippen LogP contribution in [0.2, 0.25) is 0 Å². The minimum atomic E-state index is 0.0924. The van der Waals surface area contributed by atoms with Crippen LogP contribution < -0.4 is 15.2 Å². The Morgan fingerprint density at radius 2 is 1.88 bits per heavy atom. The number of hydrogen-bond acceptors (Lipinski definition) is 4. The van der Waals surface area contributed by atoms with E-state index in [9.17, 15) is 0 Å². The Labute approximate surface area is 107 Å². The van der Waals surface area contributed by atoms with Gasteiger partial charge in [0.2, 0.25) is 0 Å². The van der Waals surface area contributed by atoms with E-state index >= 15 is 0 Å². The van der Waals surface area contributed by atoms with Crippen LogP contribution in [0.5, 0.6) is 11.5 Å². The number of rotatable bonds is 2. The van der Waals surface area contributed by atoms with Crippen molar-refractivity contribution in [3.63, 3.8) is 0 Å². The molecule has 0 fully saturated rings. The first-order valence-electron chi connectivity index (χ1n) is 5.77. The summed E-state index contributed by atoms with van der Waals surface area (Å²) in [5.41, 5.74) is 8.70. The molecule has 1 aromatic rings. The molecular formula is C13H19NO2S. The van der Waals surface area contributed by atoms with Gasteiger partial charge in [-0.15, -0.1) is 0 Å². The van der Waals surface area contributed by atoms with Crippen molar-refractivity contribution in [1.82, 2.24) is 0 Å². The van der Waals surface area contributed by atoms with E-state index in [1.165, 1.54) is 11.1 Å². The van der Waals surface area contributed by atoms with Crippen LogP contribution in [0, 0.1) is 0 Å². The minimum Gasteiger partial charge on any atom is -0.493 e. The molecule has 0 saturated heterocycles. The molecule has 0 amide bonds. The molecule has 1 aromatic carbocycles. The number of methoxy groups -OCH3 is 2. The van der Waals surface area contributed by atoms with E-state index in [2.05, 4.69) is 13.0 Å². The molecule has 0 bridgehead atoms. The lowest BCUT2D eigenvalue weighted by molar-refractivity contribution is 0.354. The van der Waals surface area contributed by atoms with Crippen LogP contribution in [0.3, 0.4) is 0 Å². The lowest BCUT2D eigenvalue weighted by atomic mass is 9.98. The third-order valence-electron chi connectivity index (χ3n) is 3.15. The standard InChI is InChI=1S/C13H19NO2S/c1-8-4-11(14)10-6-13(16-3)12(15-2)5-9(10)7-17-8/h5-6,8,11H,4,7,14H2,1-3H3/t8?,11-/m0/s1. The molecule has 1 unspecified atom stereocenters. The number of benzene rings is 1. The van der Waals surface area contributed by atoms with Crippen LogP contribution in [0.1, 0.15) is 30.5 Å². The van der Waals surface area contributed by atoms with E-state index in [-0.39, 0.29) is 6.04 Å². The Kier molecular flexibility index (Phi) is 3.84. The molecule has 1 aliphatic heterocycles. The van der Waals surface area contributed by atoms with Gasteiger partial charge in [-0.1, -0.05) is 6.92 Å². The molecule has 4 heteroatoms. The van der Waals surface area contributed by atoms with Crippen molar-refractivity contribution in [2.75, 3.05) is 14.2 Å². The van der Waals surface area contributed by atoms with Crippen LogP contribution in [0.4, 0.5) is 0 Å². The minimum absolute atomic E-state index is 0.0924. The lowest BCUT2D eigenvalue weighted by Gasteiger charge is -2.16. The number of nitrogens with two attached hydrogens (primary N) is 1. The predicted octanol–water partition coefficient (Wildman–Crippen LogP) is 2.73. The monoisotopic (exact) mass is 253 g/mol. The summed E-state index contributed by atoms with van der Waals surface area (Å²) in [6.07, 6.45) is 1.01. The number of fused-ring (bicyclic) bond motifs is 1. The van der Waals surface area contributed by atoms with Gasteiger partial charge in [-0.25, -0.2) is 0 Å². The summed E-state index contributed by atoms with van der Waals surface area (Å²) in [7, 11) is 3.32. The highest BCUT2D eigenvalue weighted by molar-refractivity contribution is 7.99. The van der Waals surface area contributed by atoms with Gasteiger partial charge in [0.25, 0.3) is 0 Å². The van der Waals surface area contributed by atoms with Gasteiger partial charge in [0.15, 0.2) is 11.5 Å². The van der Waals surface area contributed by atoms with Crippen LogP contribution in [-0.4, -0.2) is 19.5 Å². The molecule has 0 aliphatic carbocycles. The molecule has 94 valence electrons.